The lowest BCUT2D eigenvalue weighted by atomic mass is 9.78. The molecule has 37 heavy (non-hydrogen) atoms. The Morgan fingerprint density at radius 3 is 2.46 bits per heavy atom. The maximum Gasteiger partial charge on any atom is 0.248 e. The number of piperazine rings is 1. The highest BCUT2D eigenvalue weighted by Gasteiger charge is 2.55. The van der Waals surface area contributed by atoms with Gasteiger partial charge in [0.05, 0.1) is 6.10 Å². The summed E-state index contributed by atoms with van der Waals surface area (Å²) in [6.45, 7) is 4.84. The summed E-state index contributed by atoms with van der Waals surface area (Å²) < 4.78 is 0. The maximum absolute atomic E-state index is 13.7. The summed E-state index contributed by atoms with van der Waals surface area (Å²) in [5.74, 6) is -0.140. The number of likely N-dealkylation sites (tertiary alicyclic amines) is 1. The molecule has 0 unspecified atom stereocenters. The van der Waals surface area contributed by atoms with Crippen molar-refractivity contribution in [3.63, 3.8) is 0 Å². The minimum Gasteiger partial charge on any atom is -0.390 e. The fourth-order valence-electron chi connectivity index (χ4n) is 6.31. The molecule has 0 aromatic heterocycles. The molecule has 8 nitrogen and oxygen atoms in total. The fourth-order valence-corrected chi connectivity index (χ4v) is 6.31. The van der Waals surface area contributed by atoms with Crippen LogP contribution in [0.15, 0.2) is 30.3 Å². The van der Waals surface area contributed by atoms with Gasteiger partial charge < -0.3 is 25.5 Å². The van der Waals surface area contributed by atoms with Gasteiger partial charge in [-0.1, -0.05) is 50.8 Å². The number of para-hydroxylation sites is 1. The number of unbranched alkanes of at least 4 members (excludes halogenated alkanes) is 1. The van der Waals surface area contributed by atoms with E-state index in [-0.39, 0.29) is 23.6 Å². The summed E-state index contributed by atoms with van der Waals surface area (Å²) in [4.78, 5) is 43.7. The first-order valence-electron chi connectivity index (χ1n) is 14.3. The number of anilines is 1. The number of aliphatic hydroxyl groups excluding tert-OH is 1. The van der Waals surface area contributed by atoms with Gasteiger partial charge >= 0.3 is 0 Å². The van der Waals surface area contributed by atoms with Gasteiger partial charge in [0.1, 0.15) is 11.6 Å². The molecule has 1 aliphatic carbocycles. The first-order chi connectivity index (χ1) is 17.9. The number of amides is 3. The molecule has 2 saturated heterocycles. The molecule has 0 bridgehead atoms. The summed E-state index contributed by atoms with van der Waals surface area (Å²) in [7, 11) is 0. The highest BCUT2D eigenvalue weighted by molar-refractivity contribution is 6.00. The van der Waals surface area contributed by atoms with Crippen molar-refractivity contribution in [3.05, 3.63) is 30.3 Å². The maximum atomic E-state index is 13.7. The van der Waals surface area contributed by atoms with E-state index in [9.17, 15) is 19.5 Å². The number of nitrogens with zero attached hydrogens (tertiary/aromatic N) is 2. The van der Waals surface area contributed by atoms with Crippen molar-refractivity contribution in [3.8, 4) is 0 Å². The Labute approximate surface area is 221 Å². The van der Waals surface area contributed by atoms with Crippen LogP contribution in [0.4, 0.5) is 5.69 Å². The van der Waals surface area contributed by atoms with Crippen LogP contribution in [-0.2, 0) is 14.4 Å². The molecule has 3 amide bonds. The Balaban J connectivity index is 1.33. The average molecular weight is 513 g/mol. The van der Waals surface area contributed by atoms with E-state index in [1.54, 1.807) is 0 Å². The molecule has 2 heterocycles. The minimum absolute atomic E-state index is 0.00485. The third-order valence-corrected chi connectivity index (χ3v) is 8.59. The van der Waals surface area contributed by atoms with Crippen LogP contribution in [-0.4, -0.2) is 76.5 Å². The van der Waals surface area contributed by atoms with Crippen LogP contribution in [0.5, 0.6) is 0 Å². The second kappa shape index (κ2) is 12.9. The van der Waals surface area contributed by atoms with Crippen LogP contribution in [0.1, 0.15) is 77.6 Å². The smallest absolute Gasteiger partial charge is 0.248 e. The van der Waals surface area contributed by atoms with Crippen LogP contribution in [0.25, 0.3) is 0 Å². The molecule has 3 N–H and O–H groups in total. The van der Waals surface area contributed by atoms with E-state index in [0.717, 1.165) is 57.2 Å². The molecule has 2 aliphatic heterocycles. The van der Waals surface area contributed by atoms with Crippen molar-refractivity contribution < 1.29 is 19.5 Å². The minimum atomic E-state index is -0.837. The fraction of sp³-hybridized carbons (Fsp3) is 0.690. The van der Waals surface area contributed by atoms with Gasteiger partial charge in [-0.2, -0.15) is 0 Å². The van der Waals surface area contributed by atoms with E-state index >= 15 is 0 Å². The van der Waals surface area contributed by atoms with Crippen LogP contribution >= 0.6 is 0 Å². The Morgan fingerprint density at radius 2 is 1.78 bits per heavy atom. The van der Waals surface area contributed by atoms with Gasteiger partial charge in [-0.15, -0.1) is 0 Å². The van der Waals surface area contributed by atoms with E-state index in [4.69, 9.17) is 0 Å². The summed E-state index contributed by atoms with van der Waals surface area (Å²) in [6.07, 6.45) is 8.46. The molecular formula is C29H44N4O4. The molecule has 4 rings (SSSR count). The van der Waals surface area contributed by atoms with Gasteiger partial charge in [0.25, 0.3) is 0 Å². The third kappa shape index (κ3) is 6.52. The highest BCUT2D eigenvalue weighted by Crippen LogP contribution is 2.36. The summed E-state index contributed by atoms with van der Waals surface area (Å²) in [5.41, 5.74) is -0.0320. The molecule has 1 aromatic carbocycles. The Hall–Kier alpha value is -2.45. The molecule has 1 spiro atoms. The molecule has 1 aromatic rings. The first kappa shape index (κ1) is 27.6. The number of carbonyl (C=O) groups is 3. The average Bonchev–Trinajstić information content (AvgIpc) is 2.92. The van der Waals surface area contributed by atoms with Crippen molar-refractivity contribution in [2.45, 2.75) is 95.2 Å². The molecule has 2 atom stereocenters. The van der Waals surface area contributed by atoms with Gasteiger partial charge in [-0.25, -0.2) is 0 Å². The van der Waals surface area contributed by atoms with E-state index in [2.05, 4.69) is 22.5 Å². The third-order valence-electron chi connectivity index (χ3n) is 8.59. The van der Waals surface area contributed by atoms with E-state index < -0.39 is 17.7 Å². The number of hydrogen-bond donors (Lipinski definition) is 3. The molecule has 0 radical (unpaired) electrons. The molecule has 204 valence electrons. The van der Waals surface area contributed by atoms with Gasteiger partial charge in [0, 0.05) is 31.7 Å². The van der Waals surface area contributed by atoms with Gasteiger partial charge in [0.15, 0.2) is 0 Å². The Bertz CT molecular complexity index is 910. The number of benzene rings is 1. The Kier molecular flexibility index (Phi) is 9.60. The first-order valence-corrected chi connectivity index (χ1v) is 14.3. The largest absolute Gasteiger partial charge is 0.390 e. The van der Waals surface area contributed by atoms with E-state index in [1.165, 1.54) is 6.42 Å². The molecule has 3 fully saturated rings. The lowest BCUT2D eigenvalue weighted by Gasteiger charge is -2.52. The zero-order valence-electron chi connectivity index (χ0n) is 22.3. The van der Waals surface area contributed by atoms with Crippen LogP contribution < -0.4 is 10.6 Å². The van der Waals surface area contributed by atoms with Crippen molar-refractivity contribution in [1.29, 1.82) is 0 Å². The van der Waals surface area contributed by atoms with Crippen LogP contribution in [0, 0.1) is 5.92 Å². The summed E-state index contributed by atoms with van der Waals surface area (Å²) in [6, 6.07) is 8.63. The predicted octanol–water partition coefficient (Wildman–Crippen LogP) is 3.31. The number of hydrogen-bond acceptors (Lipinski definition) is 5. The monoisotopic (exact) mass is 512 g/mol. The molecular weight excluding hydrogens is 468 g/mol. The zero-order chi connectivity index (χ0) is 26.3. The standard InChI is InChI=1S/C29H44N4O4/c1-2-3-19-33-27(36)25(26(35)22-11-6-4-7-12-22)31-28(37)29(33)16-20-32(21-17-29)18-10-15-24(34)30-23-13-8-5-9-14-23/h5,8-9,13-14,22,25-26,35H,2-4,6-7,10-12,15-21H2,1H3,(H,30,34)(H,31,37)/t25-,26-/m1/s1. The number of aliphatic hydroxyl groups is 1. The van der Waals surface area contributed by atoms with Crippen LogP contribution in [0.2, 0.25) is 0 Å². The predicted molar refractivity (Wildman–Crippen MR) is 144 cm³/mol. The topological polar surface area (TPSA) is 102 Å². The zero-order valence-corrected chi connectivity index (χ0v) is 22.3. The van der Waals surface area contributed by atoms with Crippen molar-refractivity contribution in [2.75, 3.05) is 31.5 Å². The number of piperidine rings is 1. The highest BCUT2D eigenvalue weighted by atomic mass is 16.3. The number of rotatable bonds is 10. The van der Waals surface area contributed by atoms with Crippen molar-refractivity contribution in [1.82, 2.24) is 15.1 Å². The molecule has 3 aliphatic rings. The van der Waals surface area contributed by atoms with Gasteiger partial charge in [-0.3, -0.25) is 14.4 Å². The lowest BCUT2D eigenvalue weighted by Crippen LogP contribution is -2.75. The lowest BCUT2D eigenvalue weighted by molar-refractivity contribution is -0.165. The van der Waals surface area contributed by atoms with E-state index in [1.807, 2.05) is 35.2 Å². The Morgan fingerprint density at radius 1 is 1.08 bits per heavy atom. The second-order valence-corrected chi connectivity index (χ2v) is 11.1. The second-order valence-electron chi connectivity index (χ2n) is 11.1. The summed E-state index contributed by atoms with van der Waals surface area (Å²) >= 11 is 0. The van der Waals surface area contributed by atoms with Crippen molar-refractivity contribution in [2.24, 2.45) is 5.92 Å². The SMILES string of the molecule is CCCCN1C(=O)[C@@H]([C@H](O)C2CCCCC2)NC(=O)C12CCN(CCCC(=O)Nc1ccccc1)CC2. The summed E-state index contributed by atoms with van der Waals surface area (Å²) in [5, 5.41) is 17.0. The molecule has 1 saturated carbocycles. The van der Waals surface area contributed by atoms with E-state index in [0.29, 0.717) is 38.9 Å². The number of carbonyl (C=O) groups excluding carboxylic acids is 3. The van der Waals surface area contributed by atoms with Crippen molar-refractivity contribution >= 4 is 23.4 Å². The normalized spacial score (nSPS) is 23.6. The quantitative estimate of drug-likeness (QED) is 0.447. The van der Waals surface area contributed by atoms with Gasteiger partial charge in [-0.05, 0) is 63.1 Å². The van der Waals surface area contributed by atoms with Crippen LogP contribution in [0.3, 0.4) is 0 Å². The van der Waals surface area contributed by atoms with Gasteiger partial charge in [0.2, 0.25) is 17.7 Å². The number of nitrogens with one attached hydrogen (secondary N) is 2. The molecule has 8 heteroatoms.